The van der Waals surface area contributed by atoms with E-state index >= 15 is 0 Å². The molecule has 39 heavy (non-hydrogen) atoms. The van der Waals surface area contributed by atoms with Gasteiger partial charge in [0.2, 0.25) is 0 Å². The number of thiophene rings is 2. The first kappa shape index (κ1) is 31.6. The third-order valence-corrected chi connectivity index (χ3v) is 6.62. The van der Waals surface area contributed by atoms with E-state index in [1.165, 1.54) is 21.6 Å². The third kappa shape index (κ3) is 13.6. The number of hydrogen-bond acceptors (Lipinski definition) is 6. The zero-order valence-electron chi connectivity index (χ0n) is 22.7. The van der Waals surface area contributed by atoms with Crippen LogP contribution in [-0.2, 0) is 22.7 Å². The minimum absolute atomic E-state index is 0.0454. The fourth-order valence-corrected chi connectivity index (χ4v) is 4.62. The summed E-state index contributed by atoms with van der Waals surface area (Å²) in [5.74, 6) is 4.79. The summed E-state index contributed by atoms with van der Waals surface area (Å²) < 4.78 is 6.09. The smallest absolute Gasteiger partial charge is 0.328 e. The predicted octanol–water partition coefficient (Wildman–Crippen LogP) is 7.20. The van der Waals surface area contributed by atoms with Gasteiger partial charge in [-0.2, -0.15) is 11.3 Å². The number of hydrogen-bond donors (Lipinski definition) is 2. The minimum atomic E-state index is -1.26. The van der Waals surface area contributed by atoms with Crippen molar-refractivity contribution in [3.8, 4) is 28.7 Å². The van der Waals surface area contributed by atoms with Crippen molar-refractivity contribution in [3.63, 3.8) is 0 Å². The molecule has 0 bridgehead atoms. The lowest BCUT2D eigenvalue weighted by Gasteiger charge is -2.18. The Morgan fingerprint density at radius 1 is 1.05 bits per heavy atom. The summed E-state index contributed by atoms with van der Waals surface area (Å²) >= 11 is 3.48. The van der Waals surface area contributed by atoms with Gasteiger partial charge in [0, 0.05) is 35.5 Å². The van der Waals surface area contributed by atoms with Crippen molar-refractivity contribution in [3.05, 3.63) is 87.3 Å². The van der Waals surface area contributed by atoms with Crippen molar-refractivity contribution < 1.29 is 24.5 Å². The fourth-order valence-electron chi connectivity index (χ4n) is 3.15. The van der Waals surface area contributed by atoms with E-state index in [1.807, 2.05) is 12.1 Å². The first-order chi connectivity index (χ1) is 18.6. The zero-order valence-corrected chi connectivity index (χ0v) is 24.3. The molecule has 0 aliphatic rings. The van der Waals surface area contributed by atoms with E-state index in [0.717, 1.165) is 25.4 Å². The highest BCUT2D eigenvalue weighted by Gasteiger charge is 2.06. The summed E-state index contributed by atoms with van der Waals surface area (Å²) in [6.45, 7) is 11.9. The Hall–Kier alpha value is -3.64. The number of benzene rings is 1. The highest BCUT2D eigenvalue weighted by Crippen LogP contribution is 2.28. The number of carbonyl (C=O) groups is 2. The summed E-state index contributed by atoms with van der Waals surface area (Å²) in [6.07, 6.45) is 5.23. The van der Waals surface area contributed by atoms with Crippen LogP contribution in [0.3, 0.4) is 0 Å². The first-order valence-electron chi connectivity index (χ1n) is 12.4. The van der Waals surface area contributed by atoms with Gasteiger partial charge in [-0.3, -0.25) is 4.90 Å². The molecule has 2 aromatic heterocycles. The summed E-state index contributed by atoms with van der Waals surface area (Å²) in [5, 5.41) is 22.1. The van der Waals surface area contributed by atoms with Crippen molar-refractivity contribution in [2.45, 2.75) is 40.8 Å². The second-order valence-electron chi connectivity index (χ2n) is 9.51. The standard InChI is InChI=1S/C27H31NOS2.C4H4O4/c1-5-28(14-8-6-7-13-27(2,3)4)18-22-10-9-11-25(16-22)29-19-26-17-24(21-31-26)23-12-15-30-20-23;5-3(6)1-2-4(7)8/h6,8-12,15-17,20-21H,5,14,18-19H2,1-4H3;1-2H,(H,5,6)(H,7,8)/b8-6+;. The molecular weight excluding hydrogens is 530 g/mol. The molecule has 3 aromatic rings. The average Bonchev–Trinajstić information content (AvgIpc) is 3.58. The summed E-state index contributed by atoms with van der Waals surface area (Å²) in [4.78, 5) is 22.7. The number of nitrogens with zero attached hydrogens (tertiary/aromatic N) is 1. The van der Waals surface area contributed by atoms with E-state index in [0.29, 0.717) is 18.8 Å². The molecule has 0 amide bonds. The largest absolute Gasteiger partial charge is 0.488 e. The Kier molecular flexibility index (Phi) is 13.2. The molecule has 0 saturated carbocycles. The van der Waals surface area contributed by atoms with Crippen molar-refractivity contribution in [2.75, 3.05) is 13.1 Å². The second-order valence-corrected chi connectivity index (χ2v) is 11.3. The highest BCUT2D eigenvalue weighted by atomic mass is 32.1. The second kappa shape index (κ2) is 16.4. The molecule has 0 fully saturated rings. The quantitative estimate of drug-likeness (QED) is 0.189. The van der Waals surface area contributed by atoms with E-state index in [1.54, 1.807) is 22.7 Å². The molecular formula is C31H35NO5S2. The summed E-state index contributed by atoms with van der Waals surface area (Å²) in [6, 6.07) is 12.8. The Balaban J connectivity index is 0.000000580. The molecule has 206 valence electrons. The van der Waals surface area contributed by atoms with Gasteiger partial charge in [0.25, 0.3) is 0 Å². The number of ether oxygens (including phenoxy) is 1. The van der Waals surface area contributed by atoms with Gasteiger partial charge in [-0.05, 0) is 90.5 Å². The number of aliphatic carboxylic acids is 2. The van der Waals surface area contributed by atoms with Crippen LogP contribution in [0.15, 0.2) is 76.8 Å². The predicted molar refractivity (Wildman–Crippen MR) is 160 cm³/mol. The van der Waals surface area contributed by atoms with Crippen LogP contribution in [0.2, 0.25) is 0 Å². The summed E-state index contributed by atoms with van der Waals surface area (Å²) in [7, 11) is 0. The zero-order chi connectivity index (χ0) is 28.7. The van der Waals surface area contributed by atoms with Crippen LogP contribution in [0.4, 0.5) is 0 Å². The first-order valence-corrected chi connectivity index (χ1v) is 14.2. The molecule has 3 rings (SSSR count). The lowest BCUT2D eigenvalue weighted by Crippen LogP contribution is -2.22. The van der Waals surface area contributed by atoms with E-state index in [9.17, 15) is 9.59 Å². The Labute approximate surface area is 238 Å². The van der Waals surface area contributed by atoms with Gasteiger partial charge in [-0.25, -0.2) is 9.59 Å². The Morgan fingerprint density at radius 3 is 2.41 bits per heavy atom. The molecule has 2 N–H and O–H groups in total. The molecule has 0 saturated heterocycles. The molecule has 8 heteroatoms. The lowest BCUT2D eigenvalue weighted by atomic mass is 9.98. The van der Waals surface area contributed by atoms with Crippen molar-refractivity contribution in [1.29, 1.82) is 0 Å². The van der Waals surface area contributed by atoms with Crippen LogP contribution in [0.25, 0.3) is 11.1 Å². The Morgan fingerprint density at radius 2 is 1.79 bits per heavy atom. The number of carboxylic acids is 2. The maximum atomic E-state index is 9.55. The normalized spacial score (nSPS) is 11.2. The van der Waals surface area contributed by atoms with E-state index < -0.39 is 11.9 Å². The average molecular weight is 566 g/mol. The van der Waals surface area contributed by atoms with Gasteiger partial charge < -0.3 is 14.9 Å². The Bertz CT molecular complexity index is 1290. The molecule has 1 aromatic carbocycles. The maximum Gasteiger partial charge on any atom is 0.328 e. The van der Waals surface area contributed by atoms with Gasteiger partial charge in [-0.1, -0.05) is 37.0 Å². The molecule has 6 nitrogen and oxygen atoms in total. The molecule has 2 heterocycles. The van der Waals surface area contributed by atoms with Crippen LogP contribution in [0.1, 0.15) is 38.1 Å². The van der Waals surface area contributed by atoms with Gasteiger partial charge >= 0.3 is 11.9 Å². The van der Waals surface area contributed by atoms with Crippen molar-refractivity contribution in [1.82, 2.24) is 4.90 Å². The number of rotatable bonds is 11. The molecule has 0 unspecified atom stereocenters. The summed E-state index contributed by atoms with van der Waals surface area (Å²) in [5.41, 5.74) is 3.87. The minimum Gasteiger partial charge on any atom is -0.488 e. The van der Waals surface area contributed by atoms with Gasteiger partial charge in [-0.15, -0.1) is 11.3 Å². The van der Waals surface area contributed by atoms with E-state index in [4.69, 9.17) is 14.9 Å². The van der Waals surface area contributed by atoms with Crippen LogP contribution < -0.4 is 4.74 Å². The molecule has 0 atom stereocenters. The number of allylic oxidation sites excluding steroid dienone is 1. The fraction of sp³-hybridized carbons (Fsp3) is 0.290. The monoisotopic (exact) mass is 565 g/mol. The molecule has 0 radical (unpaired) electrons. The molecule has 0 aliphatic heterocycles. The third-order valence-electron chi connectivity index (χ3n) is 5.02. The number of carboxylic acid groups (broad SMARTS) is 2. The van der Waals surface area contributed by atoms with Gasteiger partial charge in [0.05, 0.1) is 0 Å². The number of likely N-dealkylation sites (N-methyl/N-ethyl adjacent to an activating group) is 1. The van der Waals surface area contributed by atoms with Crippen molar-refractivity contribution in [2.24, 2.45) is 5.41 Å². The van der Waals surface area contributed by atoms with Gasteiger partial charge in [0.1, 0.15) is 12.4 Å². The maximum absolute atomic E-state index is 9.55. The van der Waals surface area contributed by atoms with Crippen molar-refractivity contribution >= 4 is 34.6 Å². The van der Waals surface area contributed by atoms with Crippen LogP contribution in [0, 0.1) is 17.3 Å². The van der Waals surface area contributed by atoms with Crippen LogP contribution >= 0.6 is 22.7 Å². The van der Waals surface area contributed by atoms with Gasteiger partial charge in [0.15, 0.2) is 0 Å². The molecule has 0 aliphatic carbocycles. The lowest BCUT2D eigenvalue weighted by molar-refractivity contribution is -0.134. The van der Waals surface area contributed by atoms with Crippen LogP contribution in [-0.4, -0.2) is 40.1 Å². The van der Waals surface area contributed by atoms with Crippen LogP contribution in [0.5, 0.6) is 5.75 Å². The topological polar surface area (TPSA) is 87.1 Å². The SMILES string of the molecule is CCN(C/C=C/C#CC(C)(C)C)Cc1cccc(OCc2cc(-c3ccsc3)cs2)c1.O=C(O)C=CC(=O)O. The molecule has 0 spiro atoms. The van der Waals surface area contributed by atoms with E-state index in [-0.39, 0.29) is 5.41 Å². The highest BCUT2D eigenvalue weighted by molar-refractivity contribution is 7.10. The van der Waals surface area contributed by atoms with E-state index in [2.05, 4.69) is 97.0 Å².